The van der Waals surface area contributed by atoms with Crippen LogP contribution in [0.25, 0.3) is 11.0 Å². The molecule has 0 aliphatic heterocycles. The van der Waals surface area contributed by atoms with Crippen molar-refractivity contribution in [1.29, 1.82) is 0 Å². The minimum Gasteiger partial charge on any atom is -0.355 e. The van der Waals surface area contributed by atoms with E-state index < -0.39 is 11.2 Å². The minimum absolute atomic E-state index is 0.0152. The zero-order valence-electron chi connectivity index (χ0n) is 15.9. The van der Waals surface area contributed by atoms with E-state index in [4.69, 9.17) is 0 Å². The van der Waals surface area contributed by atoms with Crippen LogP contribution >= 0.6 is 0 Å². The van der Waals surface area contributed by atoms with Crippen molar-refractivity contribution < 1.29 is 4.79 Å². The Labute approximate surface area is 156 Å². The average molecular weight is 369 g/mol. The number of aromatic nitrogens is 4. The van der Waals surface area contributed by atoms with E-state index in [9.17, 15) is 14.4 Å². The molecule has 0 radical (unpaired) electrons. The Morgan fingerprint density at radius 3 is 2.41 bits per heavy atom. The zero-order valence-corrected chi connectivity index (χ0v) is 15.9. The van der Waals surface area contributed by atoms with Crippen molar-refractivity contribution >= 4 is 16.9 Å². The number of nitrogens with one attached hydrogen (secondary N) is 1. The number of benzene rings is 1. The fraction of sp³-hybridized carbons (Fsp3) is 0.368. The Kier molecular flexibility index (Phi) is 4.98. The molecule has 1 amide bonds. The highest BCUT2D eigenvalue weighted by Crippen LogP contribution is 2.12. The van der Waals surface area contributed by atoms with Gasteiger partial charge in [-0.15, -0.1) is 0 Å². The predicted molar refractivity (Wildman–Crippen MR) is 103 cm³/mol. The van der Waals surface area contributed by atoms with Gasteiger partial charge < -0.3 is 5.32 Å². The Hall–Kier alpha value is -3.16. The monoisotopic (exact) mass is 369 g/mol. The Morgan fingerprint density at radius 2 is 1.74 bits per heavy atom. The van der Waals surface area contributed by atoms with Crippen LogP contribution in [0.5, 0.6) is 0 Å². The van der Waals surface area contributed by atoms with Crippen molar-refractivity contribution in [2.24, 2.45) is 21.1 Å². The second kappa shape index (κ2) is 7.22. The molecule has 0 aliphatic carbocycles. The van der Waals surface area contributed by atoms with Crippen molar-refractivity contribution in [2.75, 3.05) is 6.54 Å². The van der Waals surface area contributed by atoms with E-state index in [0.29, 0.717) is 23.3 Å². The molecule has 0 spiro atoms. The lowest BCUT2D eigenvalue weighted by Gasteiger charge is -2.06. The number of fused-ring (bicyclic) bond motifs is 1. The van der Waals surface area contributed by atoms with Crippen LogP contribution in [0.2, 0.25) is 0 Å². The van der Waals surface area contributed by atoms with Gasteiger partial charge in [0, 0.05) is 27.7 Å². The van der Waals surface area contributed by atoms with Gasteiger partial charge in [0.2, 0.25) is 5.91 Å². The molecule has 1 aromatic carbocycles. The molecule has 0 atom stereocenters. The number of carbonyl (C=O) groups is 1. The highest BCUT2D eigenvalue weighted by molar-refractivity contribution is 5.85. The summed E-state index contributed by atoms with van der Waals surface area (Å²) in [6.45, 7) is 2.53. The molecule has 0 unspecified atom stereocenters. The number of rotatable bonds is 5. The van der Waals surface area contributed by atoms with Crippen LogP contribution in [-0.2, 0) is 38.8 Å². The zero-order chi connectivity index (χ0) is 19.7. The lowest BCUT2D eigenvalue weighted by atomic mass is 10.1. The van der Waals surface area contributed by atoms with Gasteiger partial charge in [-0.05, 0) is 18.9 Å². The number of aryl methyl sites for hydroxylation is 3. The van der Waals surface area contributed by atoms with Crippen molar-refractivity contribution in [3.05, 3.63) is 61.9 Å². The van der Waals surface area contributed by atoms with Gasteiger partial charge in [0.15, 0.2) is 0 Å². The number of nitrogens with zero attached hydrogens (tertiary/aromatic N) is 4. The maximum atomic E-state index is 12.5. The third-order valence-electron chi connectivity index (χ3n) is 4.68. The third kappa shape index (κ3) is 3.55. The van der Waals surface area contributed by atoms with Crippen LogP contribution in [0, 0.1) is 6.92 Å². The molecule has 8 nitrogen and oxygen atoms in total. The lowest BCUT2D eigenvalue weighted by molar-refractivity contribution is -0.120. The van der Waals surface area contributed by atoms with E-state index in [1.807, 2.05) is 31.2 Å². The van der Waals surface area contributed by atoms with E-state index in [1.165, 1.54) is 21.9 Å². The van der Waals surface area contributed by atoms with Gasteiger partial charge in [0.1, 0.15) is 11.0 Å². The van der Waals surface area contributed by atoms with E-state index in [0.717, 1.165) is 16.6 Å². The molecule has 1 N–H and O–H groups in total. The summed E-state index contributed by atoms with van der Waals surface area (Å²) in [6, 6.07) is 8.16. The van der Waals surface area contributed by atoms with E-state index >= 15 is 0 Å². The number of amides is 1. The summed E-state index contributed by atoms with van der Waals surface area (Å²) in [4.78, 5) is 36.9. The average Bonchev–Trinajstić information content (AvgIpc) is 2.95. The van der Waals surface area contributed by atoms with Crippen molar-refractivity contribution in [3.8, 4) is 0 Å². The van der Waals surface area contributed by atoms with Gasteiger partial charge in [-0.1, -0.05) is 29.8 Å². The standard InChI is InChI=1S/C19H23N5O3/c1-12-5-7-13(8-6-12)9-10-20-15(25)11-14-16-17(24(4)21-14)22(2)19(27)23(3)18(16)26/h5-8H,9-11H2,1-4H3,(H,20,25). The van der Waals surface area contributed by atoms with Crippen molar-refractivity contribution in [1.82, 2.24) is 24.2 Å². The molecule has 0 fully saturated rings. The van der Waals surface area contributed by atoms with Gasteiger partial charge in [-0.2, -0.15) is 5.10 Å². The molecule has 2 heterocycles. The molecule has 27 heavy (non-hydrogen) atoms. The molecule has 8 heteroatoms. The Bertz CT molecular complexity index is 1120. The lowest BCUT2D eigenvalue weighted by Crippen LogP contribution is -2.37. The maximum Gasteiger partial charge on any atom is 0.332 e. The van der Waals surface area contributed by atoms with E-state index in [-0.39, 0.29) is 12.3 Å². The highest BCUT2D eigenvalue weighted by atomic mass is 16.2. The molecule has 3 rings (SSSR count). The molecule has 0 bridgehead atoms. The quantitative estimate of drug-likeness (QED) is 0.695. The van der Waals surface area contributed by atoms with Crippen LogP contribution in [0.1, 0.15) is 16.8 Å². The normalized spacial score (nSPS) is 11.1. The van der Waals surface area contributed by atoms with Gasteiger partial charge in [-0.25, -0.2) is 4.79 Å². The third-order valence-corrected chi connectivity index (χ3v) is 4.68. The Balaban J connectivity index is 1.76. The maximum absolute atomic E-state index is 12.5. The fourth-order valence-electron chi connectivity index (χ4n) is 3.18. The van der Waals surface area contributed by atoms with Crippen LogP contribution < -0.4 is 16.6 Å². The smallest absolute Gasteiger partial charge is 0.332 e. The van der Waals surface area contributed by atoms with Gasteiger partial charge in [0.25, 0.3) is 5.56 Å². The molecule has 3 aromatic rings. The SMILES string of the molecule is Cc1ccc(CCNC(=O)Cc2nn(C)c3c2c(=O)n(C)c(=O)n3C)cc1. The predicted octanol–water partition coefficient (Wildman–Crippen LogP) is 0.181. The number of hydrogen-bond donors (Lipinski definition) is 1. The van der Waals surface area contributed by atoms with E-state index in [1.54, 1.807) is 14.1 Å². The summed E-state index contributed by atoms with van der Waals surface area (Å²) in [5, 5.41) is 7.46. The van der Waals surface area contributed by atoms with Crippen LogP contribution in [0.3, 0.4) is 0 Å². The first-order valence-corrected chi connectivity index (χ1v) is 8.73. The molecular weight excluding hydrogens is 346 g/mol. The first-order chi connectivity index (χ1) is 12.8. The molecular formula is C19H23N5O3. The molecule has 2 aromatic heterocycles. The van der Waals surface area contributed by atoms with Crippen LogP contribution in [0.4, 0.5) is 0 Å². The van der Waals surface area contributed by atoms with Crippen molar-refractivity contribution in [3.63, 3.8) is 0 Å². The topological polar surface area (TPSA) is 90.9 Å². The first-order valence-electron chi connectivity index (χ1n) is 8.73. The minimum atomic E-state index is -0.441. The van der Waals surface area contributed by atoms with Crippen molar-refractivity contribution in [2.45, 2.75) is 19.8 Å². The fourth-order valence-corrected chi connectivity index (χ4v) is 3.18. The molecule has 142 valence electrons. The second-order valence-corrected chi connectivity index (χ2v) is 6.74. The van der Waals surface area contributed by atoms with Crippen LogP contribution in [-0.4, -0.2) is 31.4 Å². The second-order valence-electron chi connectivity index (χ2n) is 6.74. The summed E-state index contributed by atoms with van der Waals surface area (Å²) >= 11 is 0. The van der Waals surface area contributed by atoms with Gasteiger partial charge in [-0.3, -0.25) is 23.4 Å². The number of carbonyl (C=O) groups excluding carboxylic acids is 1. The van der Waals surface area contributed by atoms with Gasteiger partial charge in [0.05, 0.1) is 12.1 Å². The summed E-state index contributed by atoms with van der Waals surface area (Å²) in [7, 11) is 4.65. The van der Waals surface area contributed by atoms with Gasteiger partial charge >= 0.3 is 5.69 Å². The molecule has 0 saturated carbocycles. The Morgan fingerprint density at radius 1 is 1.07 bits per heavy atom. The highest BCUT2D eigenvalue weighted by Gasteiger charge is 2.19. The first kappa shape index (κ1) is 18.6. The van der Waals surface area contributed by atoms with E-state index in [2.05, 4.69) is 10.4 Å². The summed E-state index contributed by atoms with van der Waals surface area (Å²) in [5.41, 5.74) is 2.25. The summed E-state index contributed by atoms with van der Waals surface area (Å²) < 4.78 is 3.86. The largest absolute Gasteiger partial charge is 0.355 e. The van der Waals surface area contributed by atoms with Crippen LogP contribution in [0.15, 0.2) is 33.9 Å². The molecule has 0 aliphatic rings. The number of hydrogen-bond acceptors (Lipinski definition) is 4. The molecule has 0 saturated heterocycles. The summed E-state index contributed by atoms with van der Waals surface area (Å²) in [6.07, 6.45) is 0.712. The summed E-state index contributed by atoms with van der Waals surface area (Å²) in [5.74, 6) is -0.210.